The average Bonchev–Trinajstić information content (AvgIpc) is 2.31. The highest BCUT2D eigenvalue weighted by molar-refractivity contribution is 5.85. The molecule has 1 fully saturated rings. The zero-order valence-electron chi connectivity index (χ0n) is 10.0. The quantitative estimate of drug-likeness (QED) is 0.779. The molecule has 1 aromatic heterocycles. The standard InChI is InChI=1S/C11H14N4O3/c1-8-12-3-2-9(13-8)14-4-5-15(7-11(17)18)10(16)6-14/h2-3H,4-7H2,1H3,(H,17,18). The number of anilines is 1. The van der Waals surface area contributed by atoms with Crippen molar-refractivity contribution >= 4 is 17.7 Å². The van der Waals surface area contributed by atoms with Gasteiger partial charge in [-0.3, -0.25) is 9.59 Å². The van der Waals surface area contributed by atoms with E-state index in [0.29, 0.717) is 24.7 Å². The van der Waals surface area contributed by atoms with Gasteiger partial charge in [0.15, 0.2) is 0 Å². The fourth-order valence-electron chi connectivity index (χ4n) is 1.85. The Balaban J connectivity index is 2.04. The van der Waals surface area contributed by atoms with Crippen molar-refractivity contribution in [2.45, 2.75) is 6.92 Å². The minimum absolute atomic E-state index is 0.156. The minimum atomic E-state index is -0.991. The molecule has 1 saturated heterocycles. The highest BCUT2D eigenvalue weighted by Crippen LogP contribution is 2.13. The number of piperazine rings is 1. The van der Waals surface area contributed by atoms with Crippen LogP contribution < -0.4 is 4.90 Å². The molecular formula is C11H14N4O3. The summed E-state index contributed by atoms with van der Waals surface area (Å²) in [5, 5.41) is 8.67. The Morgan fingerprint density at radius 1 is 1.50 bits per heavy atom. The van der Waals surface area contributed by atoms with Crippen LogP contribution in [0.5, 0.6) is 0 Å². The molecule has 1 N–H and O–H groups in total. The Morgan fingerprint density at radius 3 is 2.89 bits per heavy atom. The lowest BCUT2D eigenvalue weighted by Crippen LogP contribution is -2.52. The summed E-state index contributed by atoms with van der Waals surface area (Å²) in [7, 11) is 0. The van der Waals surface area contributed by atoms with Crippen LogP contribution in [0, 0.1) is 6.92 Å². The van der Waals surface area contributed by atoms with Crippen LogP contribution in [0.3, 0.4) is 0 Å². The van der Waals surface area contributed by atoms with Crippen LogP contribution in [0.4, 0.5) is 5.82 Å². The van der Waals surface area contributed by atoms with Crippen molar-refractivity contribution in [1.82, 2.24) is 14.9 Å². The van der Waals surface area contributed by atoms with Crippen LogP contribution >= 0.6 is 0 Å². The lowest BCUT2D eigenvalue weighted by Gasteiger charge is -2.34. The van der Waals surface area contributed by atoms with E-state index in [1.54, 1.807) is 19.2 Å². The summed E-state index contributed by atoms with van der Waals surface area (Å²) in [5.41, 5.74) is 0. The molecule has 18 heavy (non-hydrogen) atoms. The highest BCUT2D eigenvalue weighted by Gasteiger charge is 2.26. The second-order valence-electron chi connectivity index (χ2n) is 4.09. The van der Waals surface area contributed by atoms with E-state index >= 15 is 0 Å². The first-order valence-corrected chi connectivity index (χ1v) is 5.60. The molecule has 1 aliphatic heterocycles. The smallest absolute Gasteiger partial charge is 0.323 e. The van der Waals surface area contributed by atoms with Gasteiger partial charge in [-0.2, -0.15) is 0 Å². The van der Waals surface area contributed by atoms with E-state index in [-0.39, 0.29) is 19.0 Å². The van der Waals surface area contributed by atoms with E-state index < -0.39 is 5.97 Å². The number of nitrogens with zero attached hydrogens (tertiary/aromatic N) is 4. The summed E-state index contributed by atoms with van der Waals surface area (Å²) < 4.78 is 0. The Labute approximate surface area is 104 Å². The molecule has 0 unspecified atom stereocenters. The first-order chi connectivity index (χ1) is 8.56. The van der Waals surface area contributed by atoms with Crippen molar-refractivity contribution in [2.75, 3.05) is 31.1 Å². The van der Waals surface area contributed by atoms with Gasteiger partial charge in [-0.25, -0.2) is 9.97 Å². The van der Waals surface area contributed by atoms with Gasteiger partial charge in [0.2, 0.25) is 5.91 Å². The van der Waals surface area contributed by atoms with Gasteiger partial charge in [0.05, 0.1) is 6.54 Å². The molecule has 0 aliphatic carbocycles. The van der Waals surface area contributed by atoms with Gasteiger partial charge >= 0.3 is 5.97 Å². The number of hydrogen-bond acceptors (Lipinski definition) is 5. The second-order valence-corrected chi connectivity index (χ2v) is 4.09. The molecule has 0 radical (unpaired) electrons. The SMILES string of the molecule is Cc1nccc(N2CCN(CC(=O)O)C(=O)C2)n1. The molecule has 7 heteroatoms. The number of rotatable bonds is 3. The third kappa shape index (κ3) is 2.73. The lowest BCUT2D eigenvalue weighted by molar-refractivity contribution is -0.144. The van der Waals surface area contributed by atoms with Crippen LogP contribution in [0.25, 0.3) is 0 Å². The largest absolute Gasteiger partial charge is 0.480 e. The number of carboxylic acid groups (broad SMARTS) is 1. The molecule has 1 aromatic rings. The summed E-state index contributed by atoms with van der Waals surface area (Å²) >= 11 is 0. The first-order valence-electron chi connectivity index (χ1n) is 5.60. The molecule has 0 saturated carbocycles. The van der Waals surface area contributed by atoms with Gasteiger partial charge in [-0.15, -0.1) is 0 Å². The molecule has 0 bridgehead atoms. The van der Waals surface area contributed by atoms with E-state index in [0.717, 1.165) is 0 Å². The highest BCUT2D eigenvalue weighted by atomic mass is 16.4. The fraction of sp³-hybridized carbons (Fsp3) is 0.455. The summed E-state index contributed by atoms with van der Waals surface area (Å²) in [5.74, 6) is 0.160. The molecule has 0 atom stereocenters. The zero-order valence-corrected chi connectivity index (χ0v) is 10.0. The Morgan fingerprint density at radius 2 is 2.28 bits per heavy atom. The van der Waals surface area contributed by atoms with Crippen molar-refractivity contribution < 1.29 is 14.7 Å². The van der Waals surface area contributed by atoms with Crippen LogP contribution in [0.2, 0.25) is 0 Å². The Hall–Kier alpha value is -2.18. The van der Waals surface area contributed by atoms with Gasteiger partial charge in [0, 0.05) is 19.3 Å². The van der Waals surface area contributed by atoms with E-state index in [9.17, 15) is 9.59 Å². The van der Waals surface area contributed by atoms with Gasteiger partial charge in [-0.05, 0) is 13.0 Å². The maximum Gasteiger partial charge on any atom is 0.323 e. The number of carbonyl (C=O) groups excluding carboxylic acids is 1. The molecule has 96 valence electrons. The molecule has 1 aliphatic rings. The van der Waals surface area contributed by atoms with Crippen LogP contribution in [0.15, 0.2) is 12.3 Å². The maximum absolute atomic E-state index is 11.8. The number of aryl methyl sites for hydroxylation is 1. The van der Waals surface area contributed by atoms with Crippen LogP contribution in [0.1, 0.15) is 5.82 Å². The van der Waals surface area contributed by atoms with E-state index in [4.69, 9.17) is 5.11 Å². The Bertz CT molecular complexity index is 477. The predicted molar refractivity (Wildman–Crippen MR) is 63.2 cm³/mol. The maximum atomic E-state index is 11.8. The lowest BCUT2D eigenvalue weighted by atomic mass is 10.3. The van der Waals surface area contributed by atoms with Crippen LogP contribution in [-0.4, -0.2) is 58.0 Å². The topological polar surface area (TPSA) is 86.6 Å². The van der Waals surface area contributed by atoms with Crippen molar-refractivity contribution in [3.05, 3.63) is 18.1 Å². The van der Waals surface area contributed by atoms with Crippen LogP contribution in [-0.2, 0) is 9.59 Å². The number of carboxylic acids is 1. The summed E-state index contributed by atoms with van der Waals surface area (Å²) in [4.78, 5) is 33.8. The predicted octanol–water partition coefficient (Wildman–Crippen LogP) is -0.482. The summed E-state index contributed by atoms with van der Waals surface area (Å²) in [6.07, 6.45) is 1.64. The third-order valence-corrected chi connectivity index (χ3v) is 2.73. The first kappa shape index (κ1) is 12.3. The van der Waals surface area contributed by atoms with E-state index in [1.807, 2.05) is 4.90 Å². The second kappa shape index (κ2) is 4.99. The van der Waals surface area contributed by atoms with E-state index in [1.165, 1.54) is 4.90 Å². The van der Waals surface area contributed by atoms with Crippen molar-refractivity contribution in [3.8, 4) is 0 Å². The normalized spacial score (nSPS) is 15.9. The number of carbonyl (C=O) groups is 2. The molecule has 2 rings (SSSR count). The Kier molecular flexibility index (Phi) is 3.40. The van der Waals surface area contributed by atoms with Crippen molar-refractivity contribution in [2.24, 2.45) is 0 Å². The number of hydrogen-bond donors (Lipinski definition) is 1. The van der Waals surface area contributed by atoms with Crippen molar-refractivity contribution in [1.29, 1.82) is 0 Å². The van der Waals surface area contributed by atoms with Gasteiger partial charge in [0.1, 0.15) is 18.2 Å². The molecule has 1 amide bonds. The third-order valence-electron chi connectivity index (χ3n) is 2.73. The van der Waals surface area contributed by atoms with Gasteiger partial charge in [-0.1, -0.05) is 0 Å². The minimum Gasteiger partial charge on any atom is -0.480 e. The average molecular weight is 250 g/mol. The molecule has 7 nitrogen and oxygen atoms in total. The fourth-order valence-corrected chi connectivity index (χ4v) is 1.85. The van der Waals surface area contributed by atoms with Crippen molar-refractivity contribution in [3.63, 3.8) is 0 Å². The van der Waals surface area contributed by atoms with Gasteiger partial charge in [0.25, 0.3) is 0 Å². The molecule has 2 heterocycles. The monoisotopic (exact) mass is 250 g/mol. The summed E-state index contributed by atoms with van der Waals surface area (Å²) in [6, 6.07) is 1.74. The molecular weight excluding hydrogens is 236 g/mol. The number of aromatic nitrogens is 2. The summed E-state index contributed by atoms with van der Waals surface area (Å²) in [6.45, 7) is 2.68. The number of aliphatic carboxylic acids is 1. The van der Waals surface area contributed by atoms with E-state index in [2.05, 4.69) is 9.97 Å². The van der Waals surface area contributed by atoms with Gasteiger partial charge < -0.3 is 14.9 Å². The number of amides is 1. The molecule has 0 aromatic carbocycles. The molecule has 0 spiro atoms. The zero-order chi connectivity index (χ0) is 13.1.